The summed E-state index contributed by atoms with van der Waals surface area (Å²) in [4.78, 5) is 36.7. The second-order valence-electron chi connectivity index (χ2n) is 6.46. The number of nitrogens with one attached hydrogen (secondary N) is 2. The number of nitrogens with zero attached hydrogens (tertiary/aromatic N) is 1. The van der Waals surface area contributed by atoms with E-state index in [1.165, 1.54) is 7.11 Å². The molecule has 148 valence electrons. The van der Waals surface area contributed by atoms with Crippen LogP contribution in [0, 0.1) is 0 Å². The van der Waals surface area contributed by atoms with E-state index in [0.29, 0.717) is 24.1 Å². The highest BCUT2D eigenvalue weighted by Crippen LogP contribution is 2.13. The first-order valence-corrected chi connectivity index (χ1v) is 8.90. The predicted molar refractivity (Wildman–Crippen MR) is 108 cm³/mol. The van der Waals surface area contributed by atoms with Gasteiger partial charge in [-0.15, -0.1) is 0 Å². The highest BCUT2D eigenvalue weighted by molar-refractivity contribution is 5.94. The first-order chi connectivity index (χ1) is 13.4. The lowest BCUT2D eigenvalue weighted by Crippen LogP contribution is -2.22. The molecule has 0 aliphatic heterocycles. The van der Waals surface area contributed by atoms with Crippen LogP contribution in [0.15, 0.2) is 48.5 Å². The van der Waals surface area contributed by atoms with Gasteiger partial charge >= 0.3 is 5.97 Å². The zero-order valence-corrected chi connectivity index (χ0v) is 16.3. The molecular formula is C21H25N3O4. The Kier molecular flexibility index (Phi) is 7.56. The predicted octanol–water partition coefficient (Wildman–Crippen LogP) is 2.54. The van der Waals surface area contributed by atoms with E-state index in [-0.39, 0.29) is 18.4 Å². The third kappa shape index (κ3) is 6.42. The van der Waals surface area contributed by atoms with Gasteiger partial charge in [-0.25, -0.2) is 4.79 Å². The molecule has 0 saturated carbocycles. The second kappa shape index (κ2) is 10.1. The fourth-order valence-corrected chi connectivity index (χ4v) is 2.46. The van der Waals surface area contributed by atoms with Crippen LogP contribution in [0.2, 0.25) is 0 Å². The summed E-state index contributed by atoms with van der Waals surface area (Å²) in [5.74, 6) is -0.505. The minimum absolute atomic E-state index is 0.0862. The number of aryl methyl sites for hydroxylation is 1. The number of hydrogen-bond acceptors (Lipinski definition) is 5. The number of carbonyl (C=O) groups excluding carboxylic acids is 3. The van der Waals surface area contributed by atoms with Gasteiger partial charge in [0.1, 0.15) is 0 Å². The van der Waals surface area contributed by atoms with Crippen LogP contribution in [0.3, 0.4) is 0 Å². The van der Waals surface area contributed by atoms with Crippen molar-refractivity contribution in [3.05, 3.63) is 59.7 Å². The highest BCUT2D eigenvalue weighted by Gasteiger charge is 2.07. The van der Waals surface area contributed by atoms with Crippen molar-refractivity contribution >= 4 is 29.2 Å². The van der Waals surface area contributed by atoms with Gasteiger partial charge in [0.25, 0.3) is 0 Å². The number of methoxy groups -OCH3 is 1. The Labute approximate surface area is 164 Å². The quantitative estimate of drug-likeness (QED) is 0.684. The molecule has 2 amide bonds. The molecule has 2 N–H and O–H groups in total. The number of amides is 2. The number of ether oxygens (including phenoxy) is 1. The molecule has 0 aliphatic rings. The molecule has 2 aromatic carbocycles. The van der Waals surface area contributed by atoms with Crippen molar-refractivity contribution < 1.29 is 19.1 Å². The smallest absolute Gasteiger partial charge is 0.337 e. The van der Waals surface area contributed by atoms with E-state index in [4.69, 9.17) is 0 Å². The monoisotopic (exact) mass is 383 g/mol. The molecule has 0 fully saturated rings. The average Bonchev–Trinajstić information content (AvgIpc) is 2.71. The molecule has 2 rings (SSSR count). The molecule has 0 heterocycles. The maximum Gasteiger partial charge on any atom is 0.337 e. The van der Waals surface area contributed by atoms with Gasteiger partial charge in [-0.3, -0.25) is 9.59 Å². The van der Waals surface area contributed by atoms with Crippen LogP contribution < -0.4 is 10.6 Å². The van der Waals surface area contributed by atoms with Crippen LogP contribution in [0.4, 0.5) is 11.4 Å². The van der Waals surface area contributed by atoms with Crippen LogP contribution in [0.25, 0.3) is 0 Å². The molecule has 0 unspecified atom stereocenters. The minimum atomic E-state index is -0.404. The van der Waals surface area contributed by atoms with Crippen molar-refractivity contribution in [2.75, 3.05) is 38.4 Å². The standard InChI is InChI=1S/C21H25N3O4/c1-24(2)20(26)13-6-15-4-9-18(10-5-15)23-19(25)14-22-17-11-7-16(8-12-17)21(27)28-3/h4-5,7-12,22H,6,13-14H2,1-3H3,(H,23,25). The number of anilines is 2. The Hall–Kier alpha value is -3.35. The lowest BCUT2D eigenvalue weighted by Gasteiger charge is -2.11. The fraction of sp³-hybridized carbons (Fsp3) is 0.286. The molecule has 7 heteroatoms. The number of carbonyl (C=O) groups is 3. The Bertz CT molecular complexity index is 815. The lowest BCUT2D eigenvalue weighted by atomic mass is 10.1. The molecule has 2 aromatic rings. The SMILES string of the molecule is COC(=O)c1ccc(NCC(=O)Nc2ccc(CCC(=O)N(C)C)cc2)cc1. The van der Waals surface area contributed by atoms with Crippen molar-refractivity contribution in [3.8, 4) is 0 Å². The highest BCUT2D eigenvalue weighted by atomic mass is 16.5. The van der Waals surface area contributed by atoms with E-state index < -0.39 is 5.97 Å². The zero-order chi connectivity index (χ0) is 20.5. The molecular weight excluding hydrogens is 358 g/mol. The van der Waals surface area contributed by atoms with Gasteiger partial charge in [-0.05, 0) is 48.4 Å². The van der Waals surface area contributed by atoms with E-state index in [9.17, 15) is 14.4 Å². The van der Waals surface area contributed by atoms with Gasteiger partial charge in [-0.2, -0.15) is 0 Å². The number of hydrogen-bond donors (Lipinski definition) is 2. The van der Waals surface area contributed by atoms with Gasteiger partial charge in [0, 0.05) is 31.9 Å². The van der Waals surface area contributed by atoms with E-state index >= 15 is 0 Å². The zero-order valence-electron chi connectivity index (χ0n) is 16.3. The Morgan fingerprint density at radius 1 is 0.929 bits per heavy atom. The molecule has 0 bridgehead atoms. The van der Waals surface area contributed by atoms with Crippen molar-refractivity contribution in [3.63, 3.8) is 0 Å². The topological polar surface area (TPSA) is 87.7 Å². The molecule has 0 atom stereocenters. The molecule has 0 radical (unpaired) electrons. The van der Waals surface area contributed by atoms with Crippen LogP contribution in [0.1, 0.15) is 22.3 Å². The fourth-order valence-electron chi connectivity index (χ4n) is 2.46. The van der Waals surface area contributed by atoms with E-state index in [0.717, 1.165) is 11.3 Å². The van der Waals surface area contributed by atoms with Crippen LogP contribution in [-0.4, -0.2) is 50.4 Å². The third-order valence-corrected chi connectivity index (χ3v) is 4.12. The largest absolute Gasteiger partial charge is 0.465 e. The molecule has 7 nitrogen and oxygen atoms in total. The maximum absolute atomic E-state index is 12.1. The van der Waals surface area contributed by atoms with E-state index in [1.807, 2.05) is 24.3 Å². The summed E-state index contributed by atoms with van der Waals surface area (Å²) in [5.41, 5.74) is 2.90. The molecule has 0 spiro atoms. The van der Waals surface area contributed by atoms with Crippen LogP contribution in [-0.2, 0) is 20.7 Å². The summed E-state index contributed by atoms with van der Waals surface area (Å²) in [6.45, 7) is 0.0939. The average molecular weight is 383 g/mol. The van der Waals surface area contributed by atoms with Gasteiger partial charge < -0.3 is 20.3 Å². The Morgan fingerprint density at radius 2 is 1.54 bits per heavy atom. The summed E-state index contributed by atoms with van der Waals surface area (Å²) in [6.07, 6.45) is 1.12. The normalized spacial score (nSPS) is 10.1. The molecule has 0 aliphatic carbocycles. The molecule has 28 heavy (non-hydrogen) atoms. The van der Waals surface area contributed by atoms with Crippen molar-refractivity contribution in [1.29, 1.82) is 0 Å². The summed E-state index contributed by atoms with van der Waals surface area (Å²) in [5, 5.41) is 5.81. The maximum atomic E-state index is 12.1. The van der Waals surface area contributed by atoms with Crippen molar-refractivity contribution in [1.82, 2.24) is 4.90 Å². The van der Waals surface area contributed by atoms with Crippen molar-refractivity contribution in [2.24, 2.45) is 0 Å². The van der Waals surface area contributed by atoms with Gasteiger partial charge in [-0.1, -0.05) is 12.1 Å². The van der Waals surface area contributed by atoms with Crippen LogP contribution >= 0.6 is 0 Å². The Morgan fingerprint density at radius 3 is 2.11 bits per heavy atom. The second-order valence-corrected chi connectivity index (χ2v) is 6.46. The first-order valence-electron chi connectivity index (χ1n) is 8.90. The van der Waals surface area contributed by atoms with Gasteiger partial charge in [0.15, 0.2) is 0 Å². The van der Waals surface area contributed by atoms with E-state index in [1.54, 1.807) is 43.3 Å². The Balaban J connectivity index is 1.79. The summed E-state index contributed by atoms with van der Waals surface area (Å²) in [6, 6.07) is 14.1. The van der Waals surface area contributed by atoms with E-state index in [2.05, 4.69) is 15.4 Å². The number of benzene rings is 2. The number of esters is 1. The lowest BCUT2D eigenvalue weighted by molar-refractivity contribution is -0.128. The number of rotatable bonds is 8. The van der Waals surface area contributed by atoms with Gasteiger partial charge in [0.05, 0.1) is 19.2 Å². The van der Waals surface area contributed by atoms with Crippen LogP contribution in [0.5, 0.6) is 0 Å². The first kappa shape index (κ1) is 21.0. The third-order valence-electron chi connectivity index (χ3n) is 4.12. The minimum Gasteiger partial charge on any atom is -0.465 e. The summed E-state index contributed by atoms with van der Waals surface area (Å²) < 4.78 is 4.64. The molecule has 0 aromatic heterocycles. The van der Waals surface area contributed by atoms with Crippen molar-refractivity contribution in [2.45, 2.75) is 12.8 Å². The van der Waals surface area contributed by atoms with Gasteiger partial charge in [0.2, 0.25) is 11.8 Å². The summed E-state index contributed by atoms with van der Waals surface area (Å²) >= 11 is 0. The summed E-state index contributed by atoms with van der Waals surface area (Å²) in [7, 11) is 4.81. The molecule has 0 saturated heterocycles.